The Morgan fingerprint density at radius 2 is 1.38 bits per heavy atom. The van der Waals surface area contributed by atoms with E-state index in [2.05, 4.69) is 47.9 Å². The fraction of sp³-hybridized carbons (Fsp3) is 0.500. The van der Waals surface area contributed by atoms with Crippen molar-refractivity contribution in [3.63, 3.8) is 0 Å². The van der Waals surface area contributed by atoms with Gasteiger partial charge in [-0.3, -0.25) is 4.79 Å². The van der Waals surface area contributed by atoms with E-state index in [1.54, 1.807) is 0 Å². The second-order valence-corrected chi connectivity index (χ2v) is 5.96. The fourth-order valence-corrected chi connectivity index (χ4v) is 2.44. The maximum absolute atomic E-state index is 10.4. The summed E-state index contributed by atoms with van der Waals surface area (Å²) < 4.78 is 0. The third kappa shape index (κ3) is 12.4. The minimum atomic E-state index is -0.688. The number of aryl methyl sites for hydroxylation is 1. The lowest BCUT2D eigenvalue weighted by molar-refractivity contribution is -0.137. The van der Waals surface area contributed by atoms with Gasteiger partial charge in [0.15, 0.2) is 0 Å². The standard InChI is InChI=1S/C22H28O2/c23-22(24)20-16-11-9-7-5-3-1-2-4-6-8-10-13-17-21-18-14-12-15-19-21/h12,14-15,18-19H,1,3,5,7,9-11,13,16-17,20H2,(H,23,24). The monoisotopic (exact) mass is 324 g/mol. The van der Waals surface area contributed by atoms with Gasteiger partial charge in [-0.15, -0.1) is 0 Å². The zero-order valence-electron chi connectivity index (χ0n) is 14.5. The number of carboxylic acid groups (broad SMARTS) is 1. The molecule has 1 aromatic carbocycles. The summed E-state index contributed by atoms with van der Waals surface area (Å²) in [6.07, 6.45) is 10.7. The smallest absolute Gasteiger partial charge is 0.303 e. The van der Waals surface area contributed by atoms with E-state index >= 15 is 0 Å². The van der Waals surface area contributed by atoms with E-state index in [0.29, 0.717) is 6.42 Å². The van der Waals surface area contributed by atoms with Gasteiger partial charge in [0.1, 0.15) is 0 Å². The molecule has 0 spiro atoms. The van der Waals surface area contributed by atoms with Gasteiger partial charge in [-0.25, -0.2) is 0 Å². The highest BCUT2D eigenvalue weighted by Crippen LogP contribution is 2.08. The Hall–Kier alpha value is -2.19. The lowest BCUT2D eigenvalue weighted by Gasteiger charge is -1.98. The van der Waals surface area contributed by atoms with E-state index in [-0.39, 0.29) is 0 Å². The summed E-state index contributed by atoms with van der Waals surface area (Å²) in [6.45, 7) is 0. The zero-order chi connectivity index (χ0) is 17.3. The molecule has 0 aromatic heterocycles. The first-order valence-electron chi connectivity index (χ1n) is 9.00. The molecule has 1 rings (SSSR count). The largest absolute Gasteiger partial charge is 0.481 e. The summed E-state index contributed by atoms with van der Waals surface area (Å²) >= 11 is 0. The highest BCUT2D eigenvalue weighted by molar-refractivity contribution is 5.66. The summed E-state index contributed by atoms with van der Waals surface area (Å²) in [5.74, 6) is 11.4. The Labute approximate surface area is 146 Å². The van der Waals surface area contributed by atoms with E-state index in [4.69, 9.17) is 5.11 Å². The van der Waals surface area contributed by atoms with E-state index in [1.165, 1.54) is 18.4 Å². The molecule has 0 unspecified atom stereocenters. The number of aliphatic carboxylic acids is 1. The van der Waals surface area contributed by atoms with Crippen LogP contribution in [0.3, 0.4) is 0 Å². The van der Waals surface area contributed by atoms with Crippen molar-refractivity contribution in [2.45, 2.75) is 70.6 Å². The molecule has 0 aliphatic carbocycles. The molecule has 24 heavy (non-hydrogen) atoms. The van der Waals surface area contributed by atoms with Crippen molar-refractivity contribution in [3.8, 4) is 23.7 Å². The van der Waals surface area contributed by atoms with Crippen LogP contribution in [0.2, 0.25) is 0 Å². The molecular formula is C22H28O2. The molecule has 1 N–H and O–H groups in total. The molecule has 0 saturated carbocycles. The number of benzene rings is 1. The van der Waals surface area contributed by atoms with Crippen LogP contribution in [0.4, 0.5) is 0 Å². The first-order valence-corrected chi connectivity index (χ1v) is 9.00. The van der Waals surface area contributed by atoms with Gasteiger partial charge in [-0.05, 0) is 43.1 Å². The molecule has 0 heterocycles. The average Bonchev–Trinajstić information content (AvgIpc) is 2.59. The quantitative estimate of drug-likeness (QED) is 0.447. The van der Waals surface area contributed by atoms with Crippen LogP contribution < -0.4 is 0 Å². The van der Waals surface area contributed by atoms with Crippen molar-refractivity contribution >= 4 is 5.97 Å². The summed E-state index contributed by atoms with van der Waals surface area (Å²) in [5.41, 5.74) is 1.37. The first-order chi connectivity index (χ1) is 11.8. The Kier molecular flexibility index (Phi) is 11.9. The second-order valence-electron chi connectivity index (χ2n) is 5.96. The van der Waals surface area contributed by atoms with Crippen LogP contribution in [-0.2, 0) is 11.2 Å². The number of hydrogen-bond acceptors (Lipinski definition) is 1. The maximum atomic E-state index is 10.4. The van der Waals surface area contributed by atoms with Gasteiger partial charge in [-0.2, -0.15) is 0 Å². The molecule has 2 heteroatoms. The third-order valence-corrected chi connectivity index (χ3v) is 3.79. The SMILES string of the molecule is O=C(O)CCCCCCCCC#CC#CCCCc1ccccc1. The highest BCUT2D eigenvalue weighted by Gasteiger charge is 1.96. The zero-order valence-corrected chi connectivity index (χ0v) is 14.5. The van der Waals surface area contributed by atoms with Crippen LogP contribution in [0, 0.1) is 23.7 Å². The normalized spacial score (nSPS) is 9.50. The molecule has 0 aliphatic rings. The van der Waals surface area contributed by atoms with E-state index < -0.39 is 5.97 Å². The second kappa shape index (κ2) is 14.4. The molecule has 0 radical (unpaired) electrons. The van der Waals surface area contributed by atoms with Gasteiger partial charge in [0.25, 0.3) is 0 Å². The fourth-order valence-electron chi connectivity index (χ4n) is 2.44. The van der Waals surface area contributed by atoms with Crippen LogP contribution in [0.15, 0.2) is 30.3 Å². The van der Waals surface area contributed by atoms with E-state index in [9.17, 15) is 4.79 Å². The molecule has 2 nitrogen and oxygen atoms in total. The summed E-state index contributed by atoms with van der Waals surface area (Å²) in [7, 11) is 0. The molecule has 0 atom stereocenters. The van der Waals surface area contributed by atoms with Gasteiger partial charge in [-0.1, -0.05) is 67.9 Å². The van der Waals surface area contributed by atoms with Crippen LogP contribution in [0.25, 0.3) is 0 Å². The van der Waals surface area contributed by atoms with Crippen LogP contribution in [0.1, 0.15) is 69.8 Å². The van der Waals surface area contributed by atoms with Gasteiger partial charge >= 0.3 is 5.97 Å². The topological polar surface area (TPSA) is 37.3 Å². The number of unbranched alkanes of at least 4 members (excludes halogenated alkanes) is 7. The first kappa shape index (κ1) is 19.9. The Morgan fingerprint density at radius 1 is 0.792 bits per heavy atom. The molecule has 0 bridgehead atoms. The maximum Gasteiger partial charge on any atom is 0.303 e. The lowest BCUT2D eigenvalue weighted by Crippen LogP contribution is -1.93. The number of carboxylic acids is 1. The molecule has 0 aliphatic heterocycles. The predicted molar refractivity (Wildman–Crippen MR) is 99.5 cm³/mol. The van der Waals surface area contributed by atoms with Gasteiger partial charge in [0.05, 0.1) is 0 Å². The average molecular weight is 324 g/mol. The van der Waals surface area contributed by atoms with Crippen molar-refractivity contribution in [3.05, 3.63) is 35.9 Å². The number of carbonyl (C=O) groups is 1. The Bertz CT molecular complexity index is 567. The summed E-state index contributed by atoms with van der Waals surface area (Å²) in [6, 6.07) is 10.5. The van der Waals surface area contributed by atoms with Crippen molar-refractivity contribution in [2.24, 2.45) is 0 Å². The van der Waals surface area contributed by atoms with Crippen LogP contribution in [-0.4, -0.2) is 11.1 Å². The van der Waals surface area contributed by atoms with Crippen molar-refractivity contribution in [1.29, 1.82) is 0 Å². The summed E-state index contributed by atoms with van der Waals surface area (Å²) in [4.78, 5) is 10.4. The van der Waals surface area contributed by atoms with Gasteiger partial charge in [0, 0.05) is 19.3 Å². The molecule has 128 valence electrons. The number of rotatable bonds is 11. The van der Waals surface area contributed by atoms with E-state index in [0.717, 1.165) is 51.4 Å². The molecule has 1 aromatic rings. The van der Waals surface area contributed by atoms with Gasteiger partial charge < -0.3 is 5.11 Å². The molecule has 0 fully saturated rings. The lowest BCUT2D eigenvalue weighted by atomic mass is 10.1. The molecule has 0 saturated heterocycles. The highest BCUT2D eigenvalue weighted by atomic mass is 16.4. The summed E-state index contributed by atoms with van der Waals surface area (Å²) in [5, 5.41) is 8.53. The van der Waals surface area contributed by atoms with E-state index in [1.807, 2.05) is 6.07 Å². The van der Waals surface area contributed by atoms with Crippen molar-refractivity contribution in [2.75, 3.05) is 0 Å². The third-order valence-electron chi connectivity index (χ3n) is 3.79. The van der Waals surface area contributed by atoms with Crippen molar-refractivity contribution in [1.82, 2.24) is 0 Å². The van der Waals surface area contributed by atoms with Crippen LogP contribution in [0.5, 0.6) is 0 Å². The number of hydrogen-bond donors (Lipinski definition) is 1. The molecule has 0 amide bonds. The predicted octanol–water partition coefficient (Wildman–Crippen LogP) is 5.22. The Morgan fingerprint density at radius 3 is 2.04 bits per heavy atom. The molecular weight excluding hydrogens is 296 g/mol. The van der Waals surface area contributed by atoms with Gasteiger partial charge in [0.2, 0.25) is 0 Å². The Balaban J connectivity index is 1.91. The minimum Gasteiger partial charge on any atom is -0.481 e. The minimum absolute atomic E-state index is 0.301. The van der Waals surface area contributed by atoms with Crippen LogP contribution >= 0.6 is 0 Å². The van der Waals surface area contributed by atoms with Crippen molar-refractivity contribution < 1.29 is 9.90 Å².